The van der Waals surface area contributed by atoms with Crippen LogP contribution in [0.5, 0.6) is 0 Å². The maximum Gasteiger partial charge on any atom is 0.236 e. The Morgan fingerprint density at radius 1 is 0.882 bits per heavy atom. The lowest BCUT2D eigenvalue weighted by molar-refractivity contribution is -0.131. The number of aromatic nitrogens is 2. The van der Waals surface area contributed by atoms with E-state index in [0.717, 1.165) is 37.4 Å². The molecule has 1 atom stereocenters. The highest BCUT2D eigenvalue weighted by Crippen LogP contribution is 2.33. The second kappa shape index (κ2) is 11.3. The van der Waals surface area contributed by atoms with E-state index >= 15 is 0 Å². The van der Waals surface area contributed by atoms with Gasteiger partial charge in [0, 0.05) is 18.8 Å². The third kappa shape index (κ3) is 6.24. The summed E-state index contributed by atoms with van der Waals surface area (Å²) in [6.07, 6.45) is 0. The van der Waals surface area contributed by atoms with E-state index in [4.69, 9.17) is 0 Å². The third-order valence-corrected chi connectivity index (χ3v) is 7.50. The first-order valence-corrected chi connectivity index (χ1v) is 12.9. The molecule has 3 aromatic carbocycles. The van der Waals surface area contributed by atoms with E-state index in [-0.39, 0.29) is 11.2 Å². The summed E-state index contributed by atoms with van der Waals surface area (Å²) < 4.78 is 0.772. The van der Waals surface area contributed by atoms with Gasteiger partial charge in [-0.25, -0.2) is 0 Å². The van der Waals surface area contributed by atoms with Crippen LogP contribution in [0.25, 0.3) is 0 Å². The van der Waals surface area contributed by atoms with Gasteiger partial charge in [-0.1, -0.05) is 102 Å². The zero-order chi connectivity index (χ0) is 23.9. The van der Waals surface area contributed by atoms with E-state index in [9.17, 15) is 4.79 Å². The highest BCUT2D eigenvalue weighted by atomic mass is 32.2. The third-order valence-electron chi connectivity index (χ3n) is 5.49. The minimum atomic E-state index is -0.284. The summed E-state index contributed by atoms with van der Waals surface area (Å²) in [6, 6.07) is 26.4. The van der Waals surface area contributed by atoms with Crippen LogP contribution < -0.4 is 5.32 Å². The number of rotatable bonds is 9. The number of nitrogens with zero attached hydrogens (tertiary/aromatic N) is 3. The zero-order valence-electron chi connectivity index (χ0n) is 19.6. The second-order valence-corrected chi connectivity index (χ2v) is 10.8. The largest absolute Gasteiger partial charge is 0.333 e. The van der Waals surface area contributed by atoms with E-state index in [1.165, 1.54) is 23.1 Å². The van der Waals surface area contributed by atoms with Crippen LogP contribution in [-0.2, 0) is 17.9 Å². The molecule has 7 heteroatoms. The zero-order valence-corrected chi connectivity index (χ0v) is 21.2. The van der Waals surface area contributed by atoms with Crippen LogP contribution in [0.1, 0.15) is 29.2 Å². The fourth-order valence-corrected chi connectivity index (χ4v) is 5.69. The average molecular weight is 489 g/mol. The Kier molecular flexibility index (Phi) is 7.98. The normalized spacial score (nSPS) is 11.7. The predicted octanol–water partition coefficient (Wildman–Crippen LogP) is 6.61. The van der Waals surface area contributed by atoms with Gasteiger partial charge in [0.05, 0.1) is 5.25 Å². The van der Waals surface area contributed by atoms with Gasteiger partial charge in [0.2, 0.25) is 11.0 Å². The monoisotopic (exact) mass is 488 g/mol. The topological polar surface area (TPSA) is 58.1 Å². The molecule has 0 aliphatic carbocycles. The van der Waals surface area contributed by atoms with Crippen molar-refractivity contribution in [1.29, 1.82) is 0 Å². The molecule has 1 heterocycles. The minimum Gasteiger partial charge on any atom is -0.333 e. The van der Waals surface area contributed by atoms with Crippen molar-refractivity contribution < 1.29 is 4.79 Å². The molecule has 174 valence electrons. The number of anilines is 2. The van der Waals surface area contributed by atoms with Gasteiger partial charge in [-0.2, -0.15) is 0 Å². The molecule has 0 fully saturated rings. The summed E-state index contributed by atoms with van der Waals surface area (Å²) >= 11 is 2.92. The van der Waals surface area contributed by atoms with Gasteiger partial charge in [-0.05, 0) is 43.0 Å². The van der Waals surface area contributed by atoms with Crippen LogP contribution in [0, 0.1) is 13.8 Å². The van der Waals surface area contributed by atoms with Crippen molar-refractivity contribution in [1.82, 2.24) is 15.1 Å². The van der Waals surface area contributed by atoms with E-state index < -0.39 is 0 Å². The number of amides is 1. The molecule has 34 heavy (non-hydrogen) atoms. The van der Waals surface area contributed by atoms with Gasteiger partial charge in [-0.3, -0.25) is 4.79 Å². The summed E-state index contributed by atoms with van der Waals surface area (Å²) in [5.41, 5.74) is 5.59. The molecular formula is C27H28N4OS2. The highest BCUT2D eigenvalue weighted by Gasteiger charge is 2.24. The molecule has 0 spiro atoms. The van der Waals surface area contributed by atoms with Crippen molar-refractivity contribution in [2.75, 3.05) is 5.32 Å². The first kappa shape index (κ1) is 24.0. The van der Waals surface area contributed by atoms with Gasteiger partial charge in [0.1, 0.15) is 0 Å². The summed E-state index contributed by atoms with van der Waals surface area (Å²) in [5.74, 6) is 0.0807. The van der Waals surface area contributed by atoms with Gasteiger partial charge >= 0.3 is 0 Å². The Hall–Kier alpha value is -3.16. The Bertz CT molecular complexity index is 1170. The second-order valence-electron chi connectivity index (χ2n) is 8.19. The average Bonchev–Trinajstić information content (AvgIpc) is 3.29. The van der Waals surface area contributed by atoms with Gasteiger partial charge < -0.3 is 10.2 Å². The smallest absolute Gasteiger partial charge is 0.236 e. The number of hydrogen-bond acceptors (Lipinski definition) is 6. The predicted molar refractivity (Wildman–Crippen MR) is 142 cm³/mol. The molecule has 0 saturated carbocycles. The number of thioether (sulfide) groups is 1. The van der Waals surface area contributed by atoms with E-state index in [1.807, 2.05) is 54.3 Å². The molecule has 1 N–H and O–H groups in total. The summed E-state index contributed by atoms with van der Waals surface area (Å²) in [7, 11) is 0. The molecule has 0 radical (unpaired) electrons. The van der Waals surface area contributed by atoms with Gasteiger partial charge in [-0.15, -0.1) is 10.2 Å². The SMILES string of the molecule is Cc1cccc(C)c1Nc1nnc(S[C@@H](C)C(=O)N(Cc2ccccc2)Cc2ccccc2)s1. The first-order valence-electron chi connectivity index (χ1n) is 11.2. The molecule has 4 aromatic rings. The lowest BCUT2D eigenvalue weighted by Gasteiger charge is -2.25. The molecular weight excluding hydrogens is 460 g/mol. The van der Waals surface area contributed by atoms with Crippen LogP contribution in [0.3, 0.4) is 0 Å². The number of hydrogen-bond donors (Lipinski definition) is 1. The standard InChI is InChI=1S/C27H28N4OS2/c1-19-11-10-12-20(2)24(19)28-26-29-30-27(34-26)33-21(3)25(32)31(17-22-13-6-4-7-14-22)18-23-15-8-5-9-16-23/h4-16,21H,17-18H2,1-3H3,(H,28,29)/t21-/m0/s1. The Balaban J connectivity index is 1.45. The fourth-order valence-electron chi connectivity index (χ4n) is 3.70. The molecule has 0 unspecified atom stereocenters. The van der Waals surface area contributed by atoms with Crippen LogP contribution in [0.2, 0.25) is 0 Å². The molecule has 0 bridgehead atoms. The maximum absolute atomic E-state index is 13.5. The van der Waals surface area contributed by atoms with Crippen molar-refractivity contribution in [3.63, 3.8) is 0 Å². The molecule has 5 nitrogen and oxygen atoms in total. The summed E-state index contributed by atoms with van der Waals surface area (Å²) in [4.78, 5) is 15.4. The van der Waals surface area contributed by atoms with E-state index in [0.29, 0.717) is 13.1 Å². The fraction of sp³-hybridized carbons (Fsp3) is 0.222. The van der Waals surface area contributed by atoms with E-state index in [2.05, 4.69) is 65.8 Å². The number of benzene rings is 3. The lowest BCUT2D eigenvalue weighted by Crippen LogP contribution is -2.35. The number of para-hydroxylation sites is 1. The van der Waals surface area contributed by atoms with Crippen LogP contribution in [0.4, 0.5) is 10.8 Å². The van der Waals surface area contributed by atoms with Crippen LogP contribution in [0.15, 0.2) is 83.2 Å². The Labute approximate surface area is 209 Å². The highest BCUT2D eigenvalue weighted by molar-refractivity contribution is 8.02. The van der Waals surface area contributed by atoms with E-state index in [1.54, 1.807) is 0 Å². The Morgan fingerprint density at radius 2 is 1.44 bits per heavy atom. The van der Waals surface area contributed by atoms with Crippen molar-refractivity contribution in [2.45, 2.75) is 43.5 Å². The first-order chi connectivity index (χ1) is 16.5. The van der Waals surface area contributed by atoms with Crippen molar-refractivity contribution in [3.8, 4) is 0 Å². The number of carbonyl (C=O) groups excluding carboxylic acids is 1. The maximum atomic E-state index is 13.5. The van der Waals surface area contributed by atoms with Gasteiger partial charge in [0.25, 0.3) is 0 Å². The van der Waals surface area contributed by atoms with Crippen LogP contribution in [-0.4, -0.2) is 26.3 Å². The molecule has 4 rings (SSSR count). The lowest BCUT2D eigenvalue weighted by atomic mass is 10.1. The quantitative estimate of drug-likeness (QED) is 0.269. The van der Waals surface area contributed by atoms with Gasteiger partial charge in [0.15, 0.2) is 4.34 Å². The summed E-state index contributed by atoms with van der Waals surface area (Å²) in [6.45, 7) is 7.21. The van der Waals surface area contributed by atoms with Crippen molar-refractivity contribution in [3.05, 3.63) is 101 Å². The molecule has 0 saturated heterocycles. The van der Waals surface area contributed by atoms with Crippen molar-refractivity contribution in [2.24, 2.45) is 0 Å². The molecule has 0 aliphatic heterocycles. The van der Waals surface area contributed by atoms with Crippen LogP contribution >= 0.6 is 23.1 Å². The Morgan fingerprint density at radius 3 is 2.00 bits per heavy atom. The number of aryl methyl sites for hydroxylation is 2. The minimum absolute atomic E-state index is 0.0807. The number of carbonyl (C=O) groups is 1. The molecule has 1 aromatic heterocycles. The molecule has 0 aliphatic rings. The van der Waals surface area contributed by atoms with Crippen molar-refractivity contribution >= 4 is 39.8 Å². The summed E-state index contributed by atoms with van der Waals surface area (Å²) in [5, 5.41) is 12.4. The molecule has 1 amide bonds. The number of nitrogens with one attached hydrogen (secondary N) is 1.